The molecule has 0 atom stereocenters. The molecule has 0 amide bonds. The number of piperazine rings is 1. The summed E-state index contributed by atoms with van der Waals surface area (Å²) >= 11 is 0. The molecule has 1 N–H and O–H groups in total. The molecule has 2 fully saturated rings. The highest BCUT2D eigenvalue weighted by atomic mass is 16.1. The first-order valence-corrected chi connectivity index (χ1v) is 10.4. The van der Waals surface area contributed by atoms with Crippen molar-refractivity contribution in [3.8, 4) is 0 Å². The van der Waals surface area contributed by atoms with Gasteiger partial charge in [-0.2, -0.15) is 0 Å². The molecule has 0 bridgehead atoms. The van der Waals surface area contributed by atoms with Gasteiger partial charge in [-0.3, -0.25) is 4.79 Å². The molecule has 4 rings (SSSR count). The molecule has 2 aromatic carbocycles. The van der Waals surface area contributed by atoms with Gasteiger partial charge in [-0.05, 0) is 67.3 Å². The number of carbonyl (C=O) groups excluding carboxylic acids is 1. The van der Waals surface area contributed by atoms with Crippen LogP contribution in [0, 0.1) is 0 Å². The van der Waals surface area contributed by atoms with Gasteiger partial charge in [-0.15, -0.1) is 0 Å². The van der Waals surface area contributed by atoms with Crippen molar-refractivity contribution in [1.82, 2.24) is 5.32 Å². The van der Waals surface area contributed by atoms with Crippen LogP contribution in [0.4, 0.5) is 11.4 Å². The van der Waals surface area contributed by atoms with E-state index in [0.29, 0.717) is 0 Å². The maximum atomic E-state index is 12.5. The molecule has 2 aromatic rings. The quantitative estimate of drug-likeness (QED) is 0.633. The Kier molecular flexibility index (Phi) is 6.07. The Labute approximate surface area is 167 Å². The second-order valence-corrected chi connectivity index (χ2v) is 7.62. The van der Waals surface area contributed by atoms with E-state index in [-0.39, 0.29) is 5.78 Å². The van der Waals surface area contributed by atoms with Crippen LogP contribution in [-0.4, -0.2) is 45.1 Å². The molecule has 0 aromatic heterocycles. The van der Waals surface area contributed by atoms with Gasteiger partial charge < -0.3 is 15.1 Å². The van der Waals surface area contributed by atoms with Crippen LogP contribution in [0.3, 0.4) is 0 Å². The maximum absolute atomic E-state index is 12.5. The van der Waals surface area contributed by atoms with Crippen LogP contribution in [0.1, 0.15) is 35.2 Å². The Balaban J connectivity index is 1.36. The van der Waals surface area contributed by atoms with Gasteiger partial charge >= 0.3 is 0 Å². The van der Waals surface area contributed by atoms with Crippen LogP contribution in [0.25, 0.3) is 6.08 Å². The second kappa shape index (κ2) is 9.07. The van der Waals surface area contributed by atoms with Crippen molar-refractivity contribution in [3.05, 3.63) is 65.7 Å². The van der Waals surface area contributed by atoms with Gasteiger partial charge in [0.25, 0.3) is 0 Å². The fourth-order valence-electron chi connectivity index (χ4n) is 3.98. The summed E-state index contributed by atoms with van der Waals surface area (Å²) in [6, 6.07) is 16.5. The lowest BCUT2D eigenvalue weighted by Gasteiger charge is -2.29. The average molecular weight is 376 g/mol. The van der Waals surface area contributed by atoms with Gasteiger partial charge in [0, 0.05) is 56.2 Å². The van der Waals surface area contributed by atoms with Crippen LogP contribution < -0.4 is 15.1 Å². The monoisotopic (exact) mass is 375 g/mol. The molecular weight excluding hydrogens is 346 g/mol. The van der Waals surface area contributed by atoms with Crippen molar-refractivity contribution in [2.75, 3.05) is 49.1 Å². The molecule has 0 aliphatic carbocycles. The van der Waals surface area contributed by atoms with Gasteiger partial charge in [0.05, 0.1) is 0 Å². The minimum atomic E-state index is 0.0481. The van der Waals surface area contributed by atoms with Crippen molar-refractivity contribution in [3.63, 3.8) is 0 Å². The summed E-state index contributed by atoms with van der Waals surface area (Å²) in [6.07, 6.45) is 7.49. The van der Waals surface area contributed by atoms with E-state index in [1.165, 1.54) is 30.6 Å². The van der Waals surface area contributed by atoms with E-state index in [9.17, 15) is 4.79 Å². The summed E-state index contributed by atoms with van der Waals surface area (Å²) in [4.78, 5) is 17.3. The fourth-order valence-corrected chi connectivity index (χ4v) is 3.98. The van der Waals surface area contributed by atoms with Crippen molar-refractivity contribution < 1.29 is 4.79 Å². The first-order valence-electron chi connectivity index (χ1n) is 10.4. The molecule has 0 radical (unpaired) electrons. The molecule has 146 valence electrons. The zero-order chi connectivity index (χ0) is 19.2. The summed E-state index contributed by atoms with van der Waals surface area (Å²) in [5.74, 6) is 0.0481. The predicted molar refractivity (Wildman–Crippen MR) is 117 cm³/mol. The number of carbonyl (C=O) groups is 1. The van der Waals surface area contributed by atoms with E-state index in [0.717, 1.165) is 50.4 Å². The summed E-state index contributed by atoms with van der Waals surface area (Å²) < 4.78 is 0. The molecular formula is C24H29N3O. The number of hydrogen-bond acceptors (Lipinski definition) is 4. The van der Waals surface area contributed by atoms with Crippen molar-refractivity contribution in [2.45, 2.75) is 19.3 Å². The number of anilines is 2. The largest absolute Gasteiger partial charge is 0.372 e. The molecule has 0 unspecified atom stereocenters. The van der Waals surface area contributed by atoms with Gasteiger partial charge in [0.2, 0.25) is 0 Å². The SMILES string of the molecule is O=C(/C=C/c1ccc(N2CCCCC2)cc1)c1ccc(N2CCNCC2)cc1. The Morgan fingerprint density at radius 3 is 1.96 bits per heavy atom. The topological polar surface area (TPSA) is 35.6 Å². The fraction of sp³-hybridized carbons (Fsp3) is 0.375. The molecule has 0 saturated carbocycles. The normalized spacial score (nSPS) is 17.9. The standard InChI is InChI=1S/C24H29N3O/c28-24(21-7-11-23(12-8-21)27-18-14-25-15-19-27)13-6-20-4-9-22(10-5-20)26-16-2-1-3-17-26/h4-13,25H,1-3,14-19H2/b13-6+. The highest BCUT2D eigenvalue weighted by molar-refractivity contribution is 6.07. The number of ketones is 1. The summed E-state index contributed by atoms with van der Waals surface area (Å²) in [7, 11) is 0. The lowest BCUT2D eigenvalue weighted by molar-refractivity contribution is 0.104. The molecule has 2 saturated heterocycles. The van der Waals surface area contributed by atoms with E-state index in [4.69, 9.17) is 0 Å². The van der Waals surface area contributed by atoms with Crippen molar-refractivity contribution in [1.29, 1.82) is 0 Å². The Morgan fingerprint density at radius 1 is 0.750 bits per heavy atom. The Morgan fingerprint density at radius 2 is 1.32 bits per heavy atom. The van der Waals surface area contributed by atoms with E-state index in [2.05, 4.69) is 51.5 Å². The van der Waals surface area contributed by atoms with Gasteiger partial charge in [0.15, 0.2) is 5.78 Å². The summed E-state index contributed by atoms with van der Waals surface area (Å²) in [5, 5.41) is 3.36. The molecule has 2 heterocycles. The summed E-state index contributed by atoms with van der Waals surface area (Å²) in [6.45, 7) is 6.36. The first-order chi connectivity index (χ1) is 13.8. The van der Waals surface area contributed by atoms with Crippen LogP contribution >= 0.6 is 0 Å². The zero-order valence-electron chi connectivity index (χ0n) is 16.4. The molecule has 2 aliphatic heterocycles. The molecule has 4 nitrogen and oxygen atoms in total. The van der Waals surface area contributed by atoms with Crippen molar-refractivity contribution >= 4 is 23.2 Å². The lowest BCUT2D eigenvalue weighted by Crippen LogP contribution is -2.43. The first kappa shape index (κ1) is 18.8. The zero-order valence-corrected chi connectivity index (χ0v) is 16.4. The minimum absolute atomic E-state index is 0.0481. The third kappa shape index (κ3) is 4.63. The number of nitrogens with one attached hydrogen (secondary N) is 1. The third-order valence-electron chi connectivity index (χ3n) is 5.68. The number of nitrogens with zero attached hydrogens (tertiary/aromatic N) is 2. The van der Waals surface area contributed by atoms with E-state index in [1.54, 1.807) is 6.08 Å². The minimum Gasteiger partial charge on any atom is -0.372 e. The van der Waals surface area contributed by atoms with Crippen LogP contribution in [-0.2, 0) is 0 Å². The number of piperidine rings is 1. The Hall–Kier alpha value is -2.59. The lowest BCUT2D eigenvalue weighted by atomic mass is 10.1. The van der Waals surface area contributed by atoms with Crippen LogP contribution in [0.2, 0.25) is 0 Å². The highest BCUT2D eigenvalue weighted by Gasteiger charge is 2.12. The second-order valence-electron chi connectivity index (χ2n) is 7.62. The van der Waals surface area contributed by atoms with Gasteiger partial charge in [-0.25, -0.2) is 0 Å². The smallest absolute Gasteiger partial charge is 0.185 e. The van der Waals surface area contributed by atoms with Gasteiger partial charge in [0.1, 0.15) is 0 Å². The molecule has 2 aliphatic rings. The Bertz CT molecular complexity index is 799. The maximum Gasteiger partial charge on any atom is 0.185 e. The number of allylic oxidation sites excluding steroid dienone is 1. The predicted octanol–water partition coefficient (Wildman–Crippen LogP) is 3.98. The van der Waals surface area contributed by atoms with Crippen LogP contribution in [0.15, 0.2) is 54.6 Å². The molecule has 0 spiro atoms. The molecule has 4 heteroatoms. The summed E-state index contributed by atoms with van der Waals surface area (Å²) in [5.41, 5.74) is 4.27. The molecule has 28 heavy (non-hydrogen) atoms. The highest BCUT2D eigenvalue weighted by Crippen LogP contribution is 2.21. The number of hydrogen-bond donors (Lipinski definition) is 1. The number of benzene rings is 2. The third-order valence-corrected chi connectivity index (χ3v) is 5.68. The van der Waals surface area contributed by atoms with E-state index in [1.807, 2.05) is 18.2 Å². The van der Waals surface area contributed by atoms with E-state index >= 15 is 0 Å². The van der Waals surface area contributed by atoms with Gasteiger partial charge in [-0.1, -0.05) is 18.2 Å². The average Bonchev–Trinajstić information content (AvgIpc) is 2.79. The van der Waals surface area contributed by atoms with Crippen molar-refractivity contribution in [2.24, 2.45) is 0 Å². The van der Waals surface area contributed by atoms with E-state index < -0.39 is 0 Å². The number of rotatable bonds is 5. The van der Waals surface area contributed by atoms with Crippen LogP contribution in [0.5, 0.6) is 0 Å².